The summed E-state index contributed by atoms with van der Waals surface area (Å²) in [7, 11) is 0. The van der Waals surface area contributed by atoms with Gasteiger partial charge in [-0.05, 0) is 44.0 Å². The highest BCUT2D eigenvalue weighted by molar-refractivity contribution is 5.41. The molecule has 0 atom stereocenters. The molecule has 21 heavy (non-hydrogen) atoms. The summed E-state index contributed by atoms with van der Waals surface area (Å²) >= 11 is 0. The lowest BCUT2D eigenvalue weighted by molar-refractivity contribution is 0.933. The minimum Gasteiger partial charge on any atom is -0.287 e. The van der Waals surface area contributed by atoms with Crippen LogP contribution >= 0.6 is 0 Å². The lowest BCUT2D eigenvalue weighted by atomic mass is 10.2. The van der Waals surface area contributed by atoms with E-state index < -0.39 is 0 Å². The summed E-state index contributed by atoms with van der Waals surface area (Å²) in [5, 5.41) is 0. The first-order valence-electron chi connectivity index (χ1n) is 6.64. The third-order valence-electron chi connectivity index (χ3n) is 3.01. The van der Waals surface area contributed by atoms with Crippen molar-refractivity contribution in [2.45, 2.75) is 13.8 Å². The Bertz CT molecular complexity index is 823. The van der Waals surface area contributed by atoms with Crippen LogP contribution in [0, 0.1) is 25.7 Å². The van der Waals surface area contributed by atoms with Gasteiger partial charge in [-0.3, -0.25) is 9.55 Å². The molecule has 0 fully saturated rings. The molecule has 4 heteroatoms. The van der Waals surface area contributed by atoms with Crippen molar-refractivity contribution < 1.29 is 0 Å². The Balaban J connectivity index is 1.92. The van der Waals surface area contributed by atoms with E-state index in [2.05, 4.69) is 26.8 Å². The van der Waals surface area contributed by atoms with Crippen molar-refractivity contribution in [3.8, 4) is 17.7 Å². The Morgan fingerprint density at radius 3 is 2.67 bits per heavy atom. The van der Waals surface area contributed by atoms with Gasteiger partial charge in [-0.1, -0.05) is 12.0 Å². The largest absolute Gasteiger partial charge is 0.287 e. The van der Waals surface area contributed by atoms with Crippen LogP contribution in [0.15, 0.2) is 48.9 Å². The SMILES string of the molecule is Cc1cc(C#Cc2cn(-c3ccccn3)c(C)n2)ccn1. The lowest BCUT2D eigenvalue weighted by Gasteiger charge is -2.01. The molecule has 0 spiro atoms. The maximum Gasteiger partial charge on any atom is 0.138 e. The van der Waals surface area contributed by atoms with Gasteiger partial charge in [-0.25, -0.2) is 9.97 Å². The van der Waals surface area contributed by atoms with E-state index in [0.717, 1.165) is 28.6 Å². The number of aryl methyl sites for hydroxylation is 2. The molecule has 0 aliphatic rings. The third kappa shape index (κ3) is 2.98. The van der Waals surface area contributed by atoms with E-state index in [1.807, 2.05) is 54.9 Å². The Morgan fingerprint density at radius 1 is 1.00 bits per heavy atom. The van der Waals surface area contributed by atoms with Crippen molar-refractivity contribution in [1.82, 2.24) is 19.5 Å². The molecule has 0 bridgehead atoms. The number of rotatable bonds is 1. The monoisotopic (exact) mass is 274 g/mol. The molecule has 0 saturated carbocycles. The number of nitrogens with zero attached hydrogens (tertiary/aromatic N) is 4. The summed E-state index contributed by atoms with van der Waals surface area (Å²) in [6.07, 6.45) is 5.43. The maximum absolute atomic E-state index is 4.46. The van der Waals surface area contributed by atoms with E-state index >= 15 is 0 Å². The summed E-state index contributed by atoms with van der Waals surface area (Å²) < 4.78 is 1.93. The predicted octanol–water partition coefficient (Wildman–Crippen LogP) is 2.68. The lowest BCUT2D eigenvalue weighted by Crippen LogP contribution is -1.97. The zero-order chi connectivity index (χ0) is 14.7. The molecule has 0 amide bonds. The highest BCUT2D eigenvalue weighted by atomic mass is 15.1. The first-order chi connectivity index (χ1) is 10.2. The van der Waals surface area contributed by atoms with E-state index in [4.69, 9.17) is 0 Å². The van der Waals surface area contributed by atoms with Crippen LogP contribution in [0.3, 0.4) is 0 Å². The smallest absolute Gasteiger partial charge is 0.138 e. The van der Waals surface area contributed by atoms with Crippen LogP contribution in [0.4, 0.5) is 0 Å². The van der Waals surface area contributed by atoms with Gasteiger partial charge in [-0.15, -0.1) is 0 Å². The molecule has 3 aromatic rings. The number of aromatic nitrogens is 4. The van der Waals surface area contributed by atoms with Crippen LogP contribution in [0.25, 0.3) is 5.82 Å². The summed E-state index contributed by atoms with van der Waals surface area (Å²) in [4.78, 5) is 12.9. The maximum atomic E-state index is 4.46. The van der Waals surface area contributed by atoms with Gasteiger partial charge in [-0.2, -0.15) is 0 Å². The minimum absolute atomic E-state index is 0.729. The normalized spacial score (nSPS) is 10.0. The Morgan fingerprint density at radius 2 is 1.90 bits per heavy atom. The van der Waals surface area contributed by atoms with Crippen molar-refractivity contribution in [1.29, 1.82) is 0 Å². The molecule has 4 nitrogen and oxygen atoms in total. The number of hydrogen-bond acceptors (Lipinski definition) is 3. The van der Waals surface area contributed by atoms with Crippen LogP contribution in [0.5, 0.6) is 0 Å². The fraction of sp³-hybridized carbons (Fsp3) is 0.118. The topological polar surface area (TPSA) is 43.6 Å². The minimum atomic E-state index is 0.729. The van der Waals surface area contributed by atoms with Crippen molar-refractivity contribution in [3.05, 3.63) is 71.7 Å². The molecular weight excluding hydrogens is 260 g/mol. The fourth-order valence-corrected chi connectivity index (χ4v) is 2.02. The van der Waals surface area contributed by atoms with Crippen LogP contribution in [0.1, 0.15) is 22.8 Å². The van der Waals surface area contributed by atoms with Gasteiger partial charge in [0.1, 0.15) is 17.3 Å². The van der Waals surface area contributed by atoms with E-state index in [1.165, 1.54) is 0 Å². The molecule has 3 aromatic heterocycles. The number of hydrogen-bond donors (Lipinski definition) is 0. The van der Waals surface area contributed by atoms with Gasteiger partial charge in [0.25, 0.3) is 0 Å². The van der Waals surface area contributed by atoms with Crippen LogP contribution in [0.2, 0.25) is 0 Å². The van der Waals surface area contributed by atoms with Crippen LogP contribution in [-0.4, -0.2) is 19.5 Å². The predicted molar refractivity (Wildman–Crippen MR) is 81.1 cm³/mol. The van der Waals surface area contributed by atoms with Crippen molar-refractivity contribution in [2.75, 3.05) is 0 Å². The van der Waals surface area contributed by atoms with Gasteiger partial charge in [0.2, 0.25) is 0 Å². The van der Waals surface area contributed by atoms with Gasteiger partial charge in [0.15, 0.2) is 0 Å². The molecular formula is C17H14N4. The van der Waals surface area contributed by atoms with Gasteiger partial charge >= 0.3 is 0 Å². The van der Waals surface area contributed by atoms with Gasteiger partial charge < -0.3 is 0 Å². The van der Waals surface area contributed by atoms with Gasteiger partial charge in [0, 0.05) is 29.8 Å². The second-order valence-electron chi connectivity index (χ2n) is 4.67. The Kier molecular flexibility index (Phi) is 3.48. The zero-order valence-corrected chi connectivity index (χ0v) is 11.9. The molecule has 0 saturated heterocycles. The zero-order valence-electron chi connectivity index (χ0n) is 11.9. The first-order valence-corrected chi connectivity index (χ1v) is 6.64. The Hall–Kier alpha value is -2.93. The summed E-state index contributed by atoms with van der Waals surface area (Å²) in [6, 6.07) is 9.63. The van der Waals surface area contributed by atoms with Crippen molar-refractivity contribution in [3.63, 3.8) is 0 Å². The summed E-state index contributed by atoms with van der Waals surface area (Å²) in [5.74, 6) is 7.90. The second kappa shape index (κ2) is 5.59. The van der Waals surface area contributed by atoms with E-state index in [-0.39, 0.29) is 0 Å². The molecule has 102 valence electrons. The fourth-order valence-electron chi connectivity index (χ4n) is 2.02. The van der Waals surface area contributed by atoms with E-state index in [9.17, 15) is 0 Å². The molecule has 0 aromatic carbocycles. The molecule has 0 aliphatic heterocycles. The highest BCUT2D eigenvalue weighted by Gasteiger charge is 2.04. The summed E-state index contributed by atoms with van der Waals surface area (Å²) in [6.45, 7) is 3.89. The molecule has 0 unspecified atom stereocenters. The van der Waals surface area contributed by atoms with Gasteiger partial charge in [0.05, 0.1) is 0 Å². The molecule has 3 rings (SSSR count). The first kappa shape index (κ1) is 13.1. The second-order valence-corrected chi connectivity index (χ2v) is 4.67. The van der Waals surface area contributed by atoms with Crippen molar-refractivity contribution >= 4 is 0 Å². The highest BCUT2D eigenvalue weighted by Crippen LogP contribution is 2.09. The van der Waals surface area contributed by atoms with E-state index in [1.54, 1.807) is 12.4 Å². The Labute approximate surface area is 123 Å². The number of pyridine rings is 2. The quantitative estimate of drug-likeness (QED) is 0.641. The van der Waals surface area contributed by atoms with Crippen LogP contribution in [-0.2, 0) is 0 Å². The third-order valence-corrected chi connectivity index (χ3v) is 3.01. The molecule has 3 heterocycles. The van der Waals surface area contributed by atoms with E-state index in [0.29, 0.717) is 0 Å². The molecule has 0 aliphatic carbocycles. The number of imidazole rings is 1. The molecule has 0 radical (unpaired) electrons. The summed E-state index contributed by atoms with van der Waals surface area (Å²) in [5.41, 5.74) is 2.62. The average molecular weight is 274 g/mol. The average Bonchev–Trinajstić information content (AvgIpc) is 2.87. The standard InChI is InChI=1S/C17H14N4/c1-13-11-15(8-10-18-13)6-7-16-12-21(14(2)20-16)17-5-3-4-9-19-17/h3-5,8-12H,1-2H3. The van der Waals surface area contributed by atoms with Crippen LogP contribution < -0.4 is 0 Å². The van der Waals surface area contributed by atoms with Crippen molar-refractivity contribution in [2.24, 2.45) is 0 Å². The molecule has 0 N–H and O–H groups in total.